The van der Waals surface area contributed by atoms with Gasteiger partial charge < -0.3 is 4.74 Å². The summed E-state index contributed by atoms with van der Waals surface area (Å²) in [5.41, 5.74) is 0.405. The summed E-state index contributed by atoms with van der Waals surface area (Å²) in [5, 5.41) is 0. The van der Waals surface area contributed by atoms with E-state index in [1.165, 1.54) is 44.9 Å². The molecule has 2 unspecified atom stereocenters. The molecule has 0 aromatic heterocycles. The van der Waals surface area contributed by atoms with E-state index in [1.807, 2.05) is 0 Å². The van der Waals surface area contributed by atoms with Gasteiger partial charge in [-0.25, -0.2) is 0 Å². The van der Waals surface area contributed by atoms with Crippen molar-refractivity contribution in [1.82, 2.24) is 0 Å². The topological polar surface area (TPSA) is 9.23 Å². The lowest BCUT2D eigenvalue weighted by atomic mass is 9.93. The largest absolute Gasteiger partial charge is 0.377 e. The summed E-state index contributed by atoms with van der Waals surface area (Å²) in [7, 11) is 0. The molecule has 0 aromatic rings. The Morgan fingerprint density at radius 2 is 1.69 bits per heavy atom. The lowest BCUT2D eigenvalue weighted by Crippen LogP contribution is -2.27. The molecule has 1 aliphatic rings. The van der Waals surface area contributed by atoms with Gasteiger partial charge in [0, 0.05) is 10.5 Å². The van der Waals surface area contributed by atoms with Crippen molar-refractivity contribution in [2.45, 2.75) is 75.7 Å². The first-order valence-electron chi connectivity index (χ1n) is 6.75. The van der Waals surface area contributed by atoms with Crippen LogP contribution in [-0.4, -0.2) is 16.6 Å². The number of ether oxygens (including phenoxy) is 1. The molecule has 0 spiro atoms. The van der Waals surface area contributed by atoms with Gasteiger partial charge in [0.15, 0.2) is 0 Å². The molecule has 2 atom stereocenters. The second kappa shape index (κ2) is 7.20. The molecular weight excluding hydrogens is 311 g/mol. The third-order valence-corrected chi connectivity index (χ3v) is 4.73. The Kier molecular flexibility index (Phi) is 6.63. The van der Waals surface area contributed by atoms with Crippen LogP contribution in [0.3, 0.4) is 0 Å². The van der Waals surface area contributed by atoms with Crippen LogP contribution < -0.4 is 0 Å². The Morgan fingerprint density at radius 1 is 1.06 bits per heavy atom. The molecule has 0 radical (unpaired) electrons. The lowest BCUT2D eigenvalue weighted by Gasteiger charge is -2.27. The van der Waals surface area contributed by atoms with E-state index in [9.17, 15) is 0 Å². The van der Waals surface area contributed by atoms with Gasteiger partial charge in [0.1, 0.15) is 0 Å². The fraction of sp³-hybridized carbons (Fsp3) is 1.00. The third-order valence-electron chi connectivity index (χ3n) is 3.31. The molecule has 96 valence electrons. The van der Waals surface area contributed by atoms with Crippen LogP contribution in [0, 0.1) is 5.41 Å². The fourth-order valence-electron chi connectivity index (χ4n) is 2.11. The van der Waals surface area contributed by atoms with E-state index in [1.54, 1.807) is 0 Å². The zero-order chi connectivity index (χ0) is 12.0. The SMILES string of the molecule is CC(C)(C)CCOC1CCCCCCC1I. The first-order chi connectivity index (χ1) is 7.49. The maximum atomic E-state index is 6.10. The first kappa shape index (κ1) is 14.7. The summed E-state index contributed by atoms with van der Waals surface area (Å²) in [5.74, 6) is 0. The minimum Gasteiger partial charge on any atom is -0.377 e. The molecule has 1 saturated carbocycles. The standard InChI is InChI=1S/C14H27IO/c1-14(2,3)10-11-16-13-9-7-5-4-6-8-12(13)15/h12-13H,4-11H2,1-3H3. The monoisotopic (exact) mass is 338 g/mol. The van der Waals surface area contributed by atoms with Gasteiger partial charge in [-0.2, -0.15) is 0 Å². The van der Waals surface area contributed by atoms with Crippen LogP contribution >= 0.6 is 22.6 Å². The van der Waals surface area contributed by atoms with Crippen molar-refractivity contribution in [2.75, 3.05) is 6.61 Å². The maximum Gasteiger partial charge on any atom is 0.0692 e. The molecule has 0 amide bonds. The predicted octanol–water partition coefficient (Wildman–Crippen LogP) is 4.97. The van der Waals surface area contributed by atoms with Crippen LogP contribution in [0.25, 0.3) is 0 Å². The van der Waals surface area contributed by atoms with Gasteiger partial charge in [-0.3, -0.25) is 0 Å². The highest BCUT2D eigenvalue weighted by Crippen LogP contribution is 2.27. The Labute approximate surface area is 115 Å². The van der Waals surface area contributed by atoms with E-state index in [0.29, 0.717) is 11.5 Å². The Balaban J connectivity index is 2.26. The molecule has 0 aromatic carbocycles. The summed E-state index contributed by atoms with van der Waals surface area (Å²) in [6.45, 7) is 7.80. The zero-order valence-corrected chi connectivity index (χ0v) is 13.3. The summed E-state index contributed by atoms with van der Waals surface area (Å²) in [6.07, 6.45) is 9.90. The van der Waals surface area contributed by atoms with E-state index < -0.39 is 0 Å². The number of halogens is 1. The van der Waals surface area contributed by atoms with Crippen molar-refractivity contribution < 1.29 is 4.74 Å². The highest BCUT2D eigenvalue weighted by atomic mass is 127. The van der Waals surface area contributed by atoms with Crippen LogP contribution in [0.15, 0.2) is 0 Å². The van der Waals surface area contributed by atoms with Gasteiger partial charge in [0.2, 0.25) is 0 Å². The normalized spacial score (nSPS) is 28.5. The van der Waals surface area contributed by atoms with Crippen molar-refractivity contribution in [3.8, 4) is 0 Å². The number of hydrogen-bond donors (Lipinski definition) is 0. The fourth-order valence-corrected chi connectivity index (χ4v) is 3.12. The van der Waals surface area contributed by atoms with Crippen molar-refractivity contribution in [2.24, 2.45) is 5.41 Å². The van der Waals surface area contributed by atoms with Gasteiger partial charge in [-0.05, 0) is 24.7 Å². The smallest absolute Gasteiger partial charge is 0.0692 e. The number of alkyl halides is 1. The molecule has 1 nitrogen and oxygen atoms in total. The van der Waals surface area contributed by atoms with Gasteiger partial charge in [-0.1, -0.05) is 69.0 Å². The minimum atomic E-state index is 0.405. The van der Waals surface area contributed by atoms with Gasteiger partial charge in [0.05, 0.1) is 6.10 Å². The van der Waals surface area contributed by atoms with Crippen LogP contribution in [0.4, 0.5) is 0 Å². The Morgan fingerprint density at radius 3 is 2.31 bits per heavy atom. The molecule has 1 rings (SSSR count). The van der Waals surface area contributed by atoms with Gasteiger partial charge in [0.25, 0.3) is 0 Å². The average Bonchev–Trinajstić information content (AvgIpc) is 2.15. The van der Waals surface area contributed by atoms with Crippen molar-refractivity contribution in [3.05, 3.63) is 0 Å². The molecule has 0 N–H and O–H groups in total. The highest BCUT2D eigenvalue weighted by molar-refractivity contribution is 14.1. The maximum absolute atomic E-state index is 6.10. The highest BCUT2D eigenvalue weighted by Gasteiger charge is 2.21. The van der Waals surface area contributed by atoms with Crippen LogP contribution in [0.2, 0.25) is 0 Å². The first-order valence-corrected chi connectivity index (χ1v) is 7.99. The minimum absolute atomic E-state index is 0.405. The molecule has 0 saturated heterocycles. The predicted molar refractivity (Wildman–Crippen MR) is 79.3 cm³/mol. The molecule has 0 bridgehead atoms. The molecule has 0 heterocycles. The molecule has 16 heavy (non-hydrogen) atoms. The van der Waals surface area contributed by atoms with Gasteiger partial charge >= 0.3 is 0 Å². The average molecular weight is 338 g/mol. The molecule has 1 fully saturated rings. The van der Waals surface area contributed by atoms with E-state index in [4.69, 9.17) is 4.74 Å². The van der Waals surface area contributed by atoms with Gasteiger partial charge in [-0.15, -0.1) is 0 Å². The third kappa shape index (κ3) is 6.43. The van der Waals surface area contributed by atoms with Crippen molar-refractivity contribution in [1.29, 1.82) is 0 Å². The zero-order valence-electron chi connectivity index (χ0n) is 11.1. The lowest BCUT2D eigenvalue weighted by molar-refractivity contribution is 0.0289. The van der Waals surface area contributed by atoms with Crippen molar-refractivity contribution in [3.63, 3.8) is 0 Å². The van der Waals surface area contributed by atoms with E-state index in [2.05, 4.69) is 43.4 Å². The van der Waals surface area contributed by atoms with E-state index in [-0.39, 0.29) is 0 Å². The summed E-state index contributed by atoms with van der Waals surface area (Å²) in [6, 6.07) is 0. The van der Waals surface area contributed by atoms with Crippen LogP contribution in [0.1, 0.15) is 65.7 Å². The Bertz CT molecular complexity index is 186. The quantitative estimate of drug-likeness (QED) is 0.522. The van der Waals surface area contributed by atoms with E-state index >= 15 is 0 Å². The van der Waals surface area contributed by atoms with Crippen molar-refractivity contribution >= 4 is 22.6 Å². The summed E-state index contributed by atoms with van der Waals surface area (Å²) >= 11 is 2.60. The summed E-state index contributed by atoms with van der Waals surface area (Å²) in [4.78, 5) is 0. The number of rotatable bonds is 3. The molecule has 0 aliphatic heterocycles. The molecule has 1 aliphatic carbocycles. The Hall–Kier alpha value is 0.690. The van der Waals surface area contributed by atoms with E-state index in [0.717, 1.165) is 10.5 Å². The second-order valence-corrected chi connectivity index (χ2v) is 7.83. The number of hydrogen-bond acceptors (Lipinski definition) is 1. The second-order valence-electron chi connectivity index (χ2n) is 6.23. The summed E-state index contributed by atoms with van der Waals surface area (Å²) < 4.78 is 6.83. The molecule has 2 heteroatoms. The molecular formula is C14H27IO. The van der Waals surface area contributed by atoms with Crippen LogP contribution in [-0.2, 0) is 4.74 Å². The van der Waals surface area contributed by atoms with Crippen LogP contribution in [0.5, 0.6) is 0 Å².